The summed E-state index contributed by atoms with van der Waals surface area (Å²) in [7, 11) is 0. The molecule has 0 saturated heterocycles. The molecule has 1 unspecified atom stereocenters. The summed E-state index contributed by atoms with van der Waals surface area (Å²) in [5.74, 6) is 0.903. The number of aromatic nitrogens is 2. The van der Waals surface area contributed by atoms with Crippen LogP contribution < -0.4 is 0 Å². The Morgan fingerprint density at radius 1 is 1.00 bits per heavy atom. The van der Waals surface area contributed by atoms with E-state index in [1.165, 1.54) is 9.79 Å². The maximum absolute atomic E-state index is 4.98. The molecule has 0 aliphatic rings. The molecule has 0 spiro atoms. The highest BCUT2D eigenvalue weighted by atomic mass is 32.2. The van der Waals surface area contributed by atoms with Crippen molar-refractivity contribution in [1.82, 2.24) is 9.97 Å². The predicted molar refractivity (Wildman–Crippen MR) is 81.4 cm³/mol. The van der Waals surface area contributed by atoms with Gasteiger partial charge in [-0.25, -0.2) is 0 Å². The molecule has 0 amide bonds. The number of nitrogens with zero attached hydrogens (tertiary/aromatic N) is 2. The van der Waals surface area contributed by atoms with Crippen LogP contribution in [0.25, 0.3) is 0 Å². The highest BCUT2D eigenvalue weighted by Crippen LogP contribution is 2.27. The van der Waals surface area contributed by atoms with Crippen molar-refractivity contribution in [2.45, 2.75) is 15.0 Å². The third-order valence-electron chi connectivity index (χ3n) is 2.11. The monoisotopic (exact) mass is 291 g/mol. The molecule has 91 valence electrons. The number of pyridine rings is 2. The molecular formula is C13H11N2S3. The molecule has 2 rings (SSSR count). The van der Waals surface area contributed by atoms with Gasteiger partial charge in [0.2, 0.25) is 0 Å². The van der Waals surface area contributed by atoms with Gasteiger partial charge in [-0.2, -0.15) is 0 Å². The number of rotatable bonds is 6. The molecule has 5 heteroatoms. The van der Waals surface area contributed by atoms with Crippen LogP contribution in [-0.4, -0.2) is 26.3 Å². The van der Waals surface area contributed by atoms with Gasteiger partial charge in [0, 0.05) is 45.7 Å². The third-order valence-corrected chi connectivity index (χ3v) is 4.97. The van der Waals surface area contributed by atoms with E-state index in [1.807, 2.05) is 24.3 Å². The van der Waals surface area contributed by atoms with Gasteiger partial charge >= 0.3 is 0 Å². The first-order chi connectivity index (χ1) is 8.88. The van der Waals surface area contributed by atoms with E-state index in [9.17, 15) is 0 Å². The summed E-state index contributed by atoms with van der Waals surface area (Å²) in [5.41, 5.74) is 0. The molecule has 2 aromatic heterocycles. The van der Waals surface area contributed by atoms with Gasteiger partial charge in [0.05, 0.1) is 5.25 Å². The molecule has 0 aliphatic carbocycles. The summed E-state index contributed by atoms with van der Waals surface area (Å²) >= 11 is 8.46. The second-order valence-corrected chi connectivity index (χ2v) is 6.01. The van der Waals surface area contributed by atoms with Gasteiger partial charge in [0.25, 0.3) is 0 Å². The molecule has 0 bridgehead atoms. The smallest absolute Gasteiger partial charge is 0.0552 e. The van der Waals surface area contributed by atoms with Gasteiger partial charge in [0.15, 0.2) is 0 Å². The summed E-state index contributed by atoms with van der Waals surface area (Å²) in [6.45, 7) is 0. The summed E-state index contributed by atoms with van der Waals surface area (Å²) in [5, 5.41) is 3.11. The van der Waals surface area contributed by atoms with Crippen molar-refractivity contribution in [2.75, 3.05) is 5.75 Å². The fourth-order valence-corrected chi connectivity index (χ4v) is 3.49. The Kier molecular flexibility index (Phi) is 5.64. The lowest BCUT2D eigenvalue weighted by molar-refractivity contribution is 1.25. The Morgan fingerprint density at radius 2 is 1.56 bits per heavy atom. The van der Waals surface area contributed by atoms with Crippen molar-refractivity contribution >= 4 is 41.1 Å². The highest BCUT2D eigenvalue weighted by Gasteiger charge is 2.08. The lowest BCUT2D eigenvalue weighted by Crippen LogP contribution is -2.06. The predicted octanol–water partition coefficient (Wildman–Crippen LogP) is 3.61. The van der Waals surface area contributed by atoms with Crippen LogP contribution in [-0.2, 0) is 0 Å². The molecule has 2 heterocycles. The fourth-order valence-electron chi connectivity index (χ4n) is 1.28. The largest absolute Gasteiger partial charge is 0.265 e. The van der Waals surface area contributed by atoms with Crippen LogP contribution in [0.5, 0.6) is 0 Å². The highest BCUT2D eigenvalue weighted by molar-refractivity contribution is 8.04. The molecular weight excluding hydrogens is 280 g/mol. The third kappa shape index (κ3) is 4.40. The summed E-state index contributed by atoms with van der Waals surface area (Å²) < 4.78 is 0. The van der Waals surface area contributed by atoms with Crippen LogP contribution >= 0.6 is 35.7 Å². The van der Waals surface area contributed by atoms with E-state index >= 15 is 0 Å². The van der Waals surface area contributed by atoms with Crippen LogP contribution in [0, 0.1) is 0 Å². The first kappa shape index (κ1) is 13.5. The first-order valence-electron chi connectivity index (χ1n) is 5.35. The zero-order valence-corrected chi connectivity index (χ0v) is 12.0. The van der Waals surface area contributed by atoms with E-state index in [0.29, 0.717) is 0 Å². The van der Waals surface area contributed by atoms with E-state index in [4.69, 9.17) is 12.2 Å². The maximum Gasteiger partial charge on any atom is 0.0552 e. The molecule has 1 radical (unpaired) electrons. The average Bonchev–Trinajstić information content (AvgIpc) is 2.45. The Morgan fingerprint density at radius 3 is 2.11 bits per heavy atom. The van der Waals surface area contributed by atoms with Crippen LogP contribution in [0.1, 0.15) is 0 Å². The number of hydrogen-bond donors (Lipinski definition) is 0. The normalized spacial score (nSPS) is 12.0. The Balaban J connectivity index is 1.88. The molecule has 0 aromatic carbocycles. The molecule has 0 aliphatic heterocycles. The van der Waals surface area contributed by atoms with E-state index < -0.39 is 0 Å². The van der Waals surface area contributed by atoms with Crippen molar-refractivity contribution in [2.24, 2.45) is 0 Å². The van der Waals surface area contributed by atoms with E-state index in [0.717, 1.165) is 5.75 Å². The minimum atomic E-state index is 0.195. The fraction of sp³-hybridized carbons (Fsp3) is 0.154. The summed E-state index contributed by atoms with van der Waals surface area (Å²) in [4.78, 5) is 10.4. The van der Waals surface area contributed by atoms with Crippen molar-refractivity contribution in [1.29, 1.82) is 0 Å². The summed E-state index contributed by atoms with van der Waals surface area (Å²) in [6.07, 6.45) is 7.18. The van der Waals surface area contributed by atoms with E-state index in [-0.39, 0.29) is 5.25 Å². The van der Waals surface area contributed by atoms with E-state index in [1.54, 1.807) is 48.3 Å². The van der Waals surface area contributed by atoms with Crippen LogP contribution in [0.2, 0.25) is 0 Å². The molecule has 2 aromatic rings. The molecule has 1 atom stereocenters. The number of thiocarbonyl (C=S) groups is 1. The molecule has 0 N–H and O–H groups in total. The number of hydrogen-bond acceptors (Lipinski definition) is 5. The summed E-state index contributed by atoms with van der Waals surface area (Å²) in [6, 6.07) is 7.98. The first-order valence-corrected chi connectivity index (χ1v) is 7.63. The van der Waals surface area contributed by atoms with Crippen molar-refractivity contribution < 1.29 is 0 Å². The van der Waals surface area contributed by atoms with Crippen molar-refractivity contribution in [3.05, 3.63) is 49.1 Å². The Bertz CT molecular complexity index is 476. The standard InChI is InChI=1S/C13H11N2S3/c16-9-13(18-12-3-7-15-8-4-12)10-17-11-1-5-14-6-2-11/h1-8,13H,10H2. The molecule has 0 saturated carbocycles. The van der Waals surface area contributed by atoms with Crippen LogP contribution in [0.3, 0.4) is 0 Å². The second kappa shape index (κ2) is 7.51. The van der Waals surface area contributed by atoms with Gasteiger partial charge in [-0.3, -0.25) is 9.97 Å². The van der Waals surface area contributed by atoms with Gasteiger partial charge in [0.1, 0.15) is 0 Å². The Labute approximate surface area is 121 Å². The zero-order valence-electron chi connectivity index (χ0n) is 9.52. The molecule has 2 nitrogen and oxygen atoms in total. The quantitative estimate of drug-likeness (QED) is 0.598. The minimum Gasteiger partial charge on any atom is -0.265 e. The zero-order chi connectivity index (χ0) is 12.6. The van der Waals surface area contributed by atoms with Gasteiger partial charge < -0.3 is 0 Å². The lowest BCUT2D eigenvalue weighted by atomic mass is 10.5. The second-order valence-electron chi connectivity index (χ2n) is 3.40. The van der Waals surface area contributed by atoms with Gasteiger partial charge in [-0.05, 0) is 24.3 Å². The van der Waals surface area contributed by atoms with Gasteiger partial charge in [-0.1, -0.05) is 12.2 Å². The molecule has 0 fully saturated rings. The van der Waals surface area contributed by atoms with Crippen molar-refractivity contribution in [3.8, 4) is 0 Å². The maximum atomic E-state index is 4.98. The SMILES string of the molecule is S=[C]C(CSc1ccncc1)Sc1ccncc1. The Hall–Kier alpha value is -0.910. The van der Waals surface area contributed by atoms with Crippen molar-refractivity contribution in [3.63, 3.8) is 0 Å². The van der Waals surface area contributed by atoms with Crippen LogP contribution in [0.15, 0.2) is 58.8 Å². The van der Waals surface area contributed by atoms with Crippen LogP contribution in [0.4, 0.5) is 0 Å². The molecule has 18 heavy (non-hydrogen) atoms. The number of thioether (sulfide) groups is 2. The van der Waals surface area contributed by atoms with Gasteiger partial charge in [-0.15, -0.1) is 23.5 Å². The topological polar surface area (TPSA) is 25.8 Å². The van der Waals surface area contributed by atoms with E-state index in [2.05, 4.69) is 15.3 Å². The average molecular weight is 291 g/mol. The lowest BCUT2D eigenvalue weighted by Gasteiger charge is -2.10. The minimum absolute atomic E-state index is 0.195.